The van der Waals surface area contributed by atoms with E-state index in [0.29, 0.717) is 41.9 Å². The van der Waals surface area contributed by atoms with Crippen LogP contribution in [0.5, 0.6) is 0 Å². The number of nitrogens with zero attached hydrogens (tertiary/aromatic N) is 2. The van der Waals surface area contributed by atoms with E-state index in [1.54, 1.807) is 17.6 Å². The monoisotopic (exact) mass is 462 g/mol. The molecule has 2 aromatic heterocycles. The van der Waals surface area contributed by atoms with E-state index in [1.807, 2.05) is 12.1 Å². The second-order valence-electron chi connectivity index (χ2n) is 8.80. The Morgan fingerprint density at radius 2 is 2.03 bits per heavy atom. The normalized spacial score (nSPS) is 18.3. The van der Waals surface area contributed by atoms with Crippen LogP contribution >= 0.6 is 0 Å². The maximum absolute atomic E-state index is 13.4. The van der Waals surface area contributed by atoms with Crippen molar-refractivity contribution in [3.63, 3.8) is 0 Å². The maximum atomic E-state index is 13.4. The number of fused-ring (bicyclic) bond motifs is 5. The van der Waals surface area contributed by atoms with Crippen LogP contribution in [-0.4, -0.2) is 33.7 Å². The van der Waals surface area contributed by atoms with Gasteiger partial charge in [0.1, 0.15) is 6.61 Å². The summed E-state index contributed by atoms with van der Waals surface area (Å²) in [4.78, 5) is 42.2. The number of esters is 2. The number of hydrogen-bond acceptors (Lipinski definition) is 7. The first-order valence-corrected chi connectivity index (χ1v) is 11.5. The van der Waals surface area contributed by atoms with Crippen LogP contribution in [0.25, 0.3) is 22.3 Å². The van der Waals surface area contributed by atoms with Crippen LogP contribution in [0.4, 0.5) is 0 Å². The van der Waals surface area contributed by atoms with Crippen molar-refractivity contribution in [3.8, 4) is 11.4 Å². The third kappa shape index (κ3) is 3.16. The van der Waals surface area contributed by atoms with Crippen molar-refractivity contribution in [2.75, 3.05) is 7.11 Å². The molecule has 1 N–H and O–H groups in total. The molecule has 1 atom stereocenters. The minimum Gasteiger partial charge on any atom is -0.469 e. The minimum absolute atomic E-state index is 0.105. The number of benzene rings is 1. The number of rotatable bonds is 5. The Bertz CT molecular complexity index is 1420. The molecule has 0 saturated heterocycles. The van der Waals surface area contributed by atoms with Gasteiger partial charge in [0, 0.05) is 22.9 Å². The van der Waals surface area contributed by atoms with Crippen molar-refractivity contribution >= 4 is 22.8 Å². The zero-order valence-electron chi connectivity index (χ0n) is 19.4. The molecule has 0 bridgehead atoms. The summed E-state index contributed by atoms with van der Waals surface area (Å²) in [5.74, 6) is -0.985. The molecular weight excluding hydrogens is 436 g/mol. The highest BCUT2D eigenvalue weighted by Gasteiger charge is 2.45. The zero-order valence-corrected chi connectivity index (χ0v) is 19.4. The molecule has 176 valence electrons. The van der Waals surface area contributed by atoms with Crippen LogP contribution in [0.3, 0.4) is 0 Å². The highest BCUT2D eigenvalue weighted by atomic mass is 16.6. The predicted molar refractivity (Wildman–Crippen MR) is 124 cm³/mol. The lowest BCUT2D eigenvalue weighted by molar-refractivity contribution is -0.172. The van der Waals surface area contributed by atoms with Gasteiger partial charge in [-0.3, -0.25) is 9.59 Å². The molecule has 0 spiro atoms. The standard InChI is InChI=1S/C26H26N2O6/c1-4-15-16-10-14(7-9-22(29)33-3)6-8-20(16)27-23-17(15)12-28-21(23)11-19-18(24(28)30)13-34-25(31)26(19,32)5-2/h6,8,10-11,32H,4-5,7,9,12-13H2,1-3H3. The fourth-order valence-electron chi connectivity index (χ4n) is 5.12. The van der Waals surface area contributed by atoms with Crippen LogP contribution in [0.2, 0.25) is 0 Å². The fourth-order valence-corrected chi connectivity index (χ4v) is 5.12. The summed E-state index contributed by atoms with van der Waals surface area (Å²) in [6.45, 7) is 3.97. The number of aryl methyl sites for hydroxylation is 2. The predicted octanol–water partition coefficient (Wildman–Crippen LogP) is 2.75. The van der Waals surface area contributed by atoms with Gasteiger partial charge >= 0.3 is 11.9 Å². The largest absolute Gasteiger partial charge is 0.469 e. The van der Waals surface area contributed by atoms with Crippen molar-refractivity contribution in [2.24, 2.45) is 0 Å². The van der Waals surface area contributed by atoms with Crippen molar-refractivity contribution in [3.05, 3.63) is 62.4 Å². The minimum atomic E-state index is -1.84. The van der Waals surface area contributed by atoms with Crippen molar-refractivity contribution < 1.29 is 24.2 Å². The van der Waals surface area contributed by atoms with Crippen molar-refractivity contribution in [1.82, 2.24) is 9.55 Å². The number of carbonyl (C=O) groups is 2. The number of hydrogen-bond donors (Lipinski definition) is 1. The molecule has 0 amide bonds. The summed E-state index contributed by atoms with van der Waals surface area (Å²) < 4.78 is 11.6. The van der Waals surface area contributed by atoms with Gasteiger partial charge in [-0.1, -0.05) is 19.9 Å². The van der Waals surface area contributed by atoms with Gasteiger partial charge in [-0.15, -0.1) is 0 Å². The molecule has 2 aliphatic heterocycles. The van der Waals surface area contributed by atoms with Crippen LogP contribution in [-0.2, 0) is 50.7 Å². The zero-order chi connectivity index (χ0) is 24.2. The molecule has 5 rings (SSSR count). The van der Waals surface area contributed by atoms with Crippen LogP contribution in [0.1, 0.15) is 54.5 Å². The number of aromatic nitrogens is 2. The Balaban J connectivity index is 1.68. The number of cyclic esters (lactones) is 1. The van der Waals surface area contributed by atoms with Gasteiger partial charge in [0.25, 0.3) is 5.56 Å². The van der Waals surface area contributed by atoms with E-state index in [-0.39, 0.29) is 24.6 Å². The van der Waals surface area contributed by atoms with Gasteiger partial charge in [-0.2, -0.15) is 0 Å². The maximum Gasteiger partial charge on any atom is 0.343 e. The molecule has 34 heavy (non-hydrogen) atoms. The van der Waals surface area contributed by atoms with Crippen molar-refractivity contribution in [1.29, 1.82) is 0 Å². The molecule has 0 radical (unpaired) electrons. The van der Waals surface area contributed by atoms with E-state index in [9.17, 15) is 19.5 Å². The molecule has 3 aromatic rings. The lowest BCUT2D eigenvalue weighted by atomic mass is 9.86. The quantitative estimate of drug-likeness (QED) is 0.455. The lowest BCUT2D eigenvalue weighted by Gasteiger charge is -2.31. The van der Waals surface area contributed by atoms with Crippen molar-refractivity contribution in [2.45, 2.75) is 58.3 Å². The Morgan fingerprint density at radius 3 is 2.74 bits per heavy atom. The number of methoxy groups -OCH3 is 1. The van der Waals surface area contributed by atoms with E-state index >= 15 is 0 Å². The van der Waals surface area contributed by atoms with Gasteiger partial charge in [0.05, 0.1) is 36.1 Å². The highest BCUT2D eigenvalue weighted by molar-refractivity contribution is 5.89. The fraction of sp³-hybridized carbons (Fsp3) is 0.385. The molecule has 0 saturated carbocycles. The van der Waals surface area contributed by atoms with E-state index in [1.165, 1.54) is 7.11 Å². The molecule has 4 heterocycles. The van der Waals surface area contributed by atoms with Gasteiger partial charge in [-0.05, 0) is 48.6 Å². The number of carbonyl (C=O) groups excluding carboxylic acids is 2. The first kappa shape index (κ1) is 22.3. The number of pyridine rings is 2. The van der Waals surface area contributed by atoms with Crippen LogP contribution in [0.15, 0.2) is 29.1 Å². The summed E-state index contributed by atoms with van der Waals surface area (Å²) in [6.07, 6.45) is 1.72. The van der Waals surface area contributed by atoms with E-state index in [0.717, 1.165) is 34.0 Å². The molecule has 8 heteroatoms. The summed E-state index contributed by atoms with van der Waals surface area (Å²) >= 11 is 0. The molecular formula is C26H26N2O6. The summed E-state index contributed by atoms with van der Waals surface area (Å²) in [5.41, 5.74) is 3.68. The smallest absolute Gasteiger partial charge is 0.343 e. The molecule has 1 unspecified atom stereocenters. The van der Waals surface area contributed by atoms with Gasteiger partial charge in [-0.25, -0.2) is 9.78 Å². The van der Waals surface area contributed by atoms with E-state index < -0.39 is 11.6 Å². The first-order chi connectivity index (χ1) is 16.3. The molecule has 0 fully saturated rings. The summed E-state index contributed by atoms with van der Waals surface area (Å²) in [6, 6.07) is 7.67. The van der Waals surface area contributed by atoms with E-state index in [4.69, 9.17) is 14.5 Å². The average Bonchev–Trinajstić information content (AvgIpc) is 3.22. The SMILES string of the molecule is CCc1c2c(nc3ccc(CCC(=O)OC)cc13)-c1cc3c(c(=O)n1C2)COC(=O)C3(O)CC. The van der Waals surface area contributed by atoms with Crippen LogP contribution in [0, 0.1) is 0 Å². The van der Waals surface area contributed by atoms with Crippen LogP contribution < -0.4 is 5.56 Å². The highest BCUT2D eigenvalue weighted by Crippen LogP contribution is 2.40. The lowest BCUT2D eigenvalue weighted by Crippen LogP contribution is -2.44. The molecule has 8 nitrogen and oxygen atoms in total. The topological polar surface area (TPSA) is 108 Å². The second kappa shape index (κ2) is 8.06. The first-order valence-electron chi connectivity index (χ1n) is 11.5. The van der Waals surface area contributed by atoms with Gasteiger partial charge < -0.3 is 19.1 Å². The molecule has 2 aliphatic rings. The Kier molecular flexibility index (Phi) is 5.28. The van der Waals surface area contributed by atoms with E-state index in [2.05, 4.69) is 13.0 Å². The van der Waals surface area contributed by atoms with Gasteiger partial charge in [0.2, 0.25) is 0 Å². The second-order valence-corrected chi connectivity index (χ2v) is 8.80. The molecule has 0 aliphatic carbocycles. The molecule has 1 aromatic carbocycles. The number of ether oxygens (including phenoxy) is 2. The Morgan fingerprint density at radius 1 is 1.24 bits per heavy atom. The summed E-state index contributed by atoms with van der Waals surface area (Å²) in [5, 5.41) is 12.0. The summed E-state index contributed by atoms with van der Waals surface area (Å²) in [7, 11) is 1.38. The number of aliphatic hydroxyl groups is 1. The average molecular weight is 463 g/mol. The Hall–Kier alpha value is -3.52. The Labute approximate surface area is 196 Å². The third-order valence-corrected chi connectivity index (χ3v) is 7.07. The van der Waals surface area contributed by atoms with Gasteiger partial charge in [0.15, 0.2) is 5.60 Å². The third-order valence-electron chi connectivity index (χ3n) is 7.07.